The Labute approximate surface area is 103 Å². The fourth-order valence-corrected chi connectivity index (χ4v) is 1.00. The van der Waals surface area contributed by atoms with Gasteiger partial charge in [-0.05, 0) is 6.42 Å². The predicted octanol–water partition coefficient (Wildman–Crippen LogP) is 2.16. The van der Waals surface area contributed by atoms with Crippen LogP contribution in [-0.2, 0) is 14.3 Å². The lowest BCUT2D eigenvalue weighted by Crippen LogP contribution is -2.36. The van der Waals surface area contributed by atoms with E-state index in [1.807, 2.05) is 0 Å². The third-order valence-corrected chi connectivity index (χ3v) is 2.43. The molecule has 0 aromatic rings. The lowest BCUT2D eigenvalue weighted by atomic mass is 9.88. The van der Waals surface area contributed by atoms with Crippen LogP contribution in [0.5, 0.6) is 0 Å². The van der Waals surface area contributed by atoms with Gasteiger partial charge in [0, 0.05) is 6.08 Å². The molecule has 0 aliphatic heterocycles. The summed E-state index contributed by atoms with van der Waals surface area (Å²) in [6.07, 6.45) is -1.42. The minimum Gasteiger partial charge on any atom is -0.466 e. The highest BCUT2D eigenvalue weighted by atomic mass is 19.3. The van der Waals surface area contributed by atoms with E-state index in [-0.39, 0.29) is 13.0 Å². The highest BCUT2D eigenvalue weighted by Gasteiger charge is 2.31. The van der Waals surface area contributed by atoms with E-state index in [4.69, 9.17) is 4.74 Å². The van der Waals surface area contributed by atoms with E-state index in [2.05, 4.69) is 11.3 Å². The number of aliphatic hydroxyl groups is 1. The molecule has 0 amide bonds. The quantitative estimate of drug-likeness (QED) is 0.416. The lowest BCUT2D eigenvalue weighted by Gasteiger charge is -2.29. The van der Waals surface area contributed by atoms with E-state index in [0.29, 0.717) is 0 Å². The Kier molecular flexibility index (Phi) is 7.11. The van der Waals surface area contributed by atoms with Gasteiger partial charge in [0.1, 0.15) is 13.2 Å². The monoisotopic (exact) mass is 268 g/mol. The number of halogens is 3. The lowest BCUT2D eigenvalue weighted by molar-refractivity contribution is -0.144. The average molecular weight is 268 g/mol. The van der Waals surface area contributed by atoms with E-state index in [1.165, 1.54) is 0 Å². The van der Waals surface area contributed by atoms with Crippen LogP contribution in [0.25, 0.3) is 0 Å². The summed E-state index contributed by atoms with van der Waals surface area (Å²) in [7, 11) is 0. The maximum Gasteiger partial charge on any atom is 0.342 e. The first kappa shape index (κ1) is 16.5. The van der Waals surface area contributed by atoms with E-state index in [9.17, 15) is 23.1 Å². The molecule has 0 rings (SSSR count). The first-order valence-corrected chi connectivity index (χ1v) is 5.14. The molecule has 0 saturated heterocycles. The number of ether oxygens (including phenoxy) is 2. The summed E-state index contributed by atoms with van der Waals surface area (Å²) in [6.45, 7) is 3.47. The Morgan fingerprint density at radius 1 is 1.33 bits per heavy atom. The van der Waals surface area contributed by atoms with Gasteiger partial charge < -0.3 is 14.6 Å². The van der Waals surface area contributed by atoms with Gasteiger partial charge in [0.05, 0.1) is 12.0 Å². The second-order valence-corrected chi connectivity index (χ2v) is 3.65. The molecule has 0 spiro atoms. The Bertz CT molecular complexity index is 320. The van der Waals surface area contributed by atoms with Crippen LogP contribution < -0.4 is 0 Å². The fourth-order valence-electron chi connectivity index (χ4n) is 1.00. The molecule has 7 heteroatoms. The van der Waals surface area contributed by atoms with Crippen molar-refractivity contribution in [2.45, 2.75) is 13.3 Å². The Hall–Kier alpha value is -1.50. The fraction of sp³-hybridized carbons (Fsp3) is 0.545. The van der Waals surface area contributed by atoms with Gasteiger partial charge in [-0.2, -0.15) is 13.2 Å². The summed E-state index contributed by atoms with van der Waals surface area (Å²) in [5, 5.41) is 9.19. The molecule has 0 aromatic carbocycles. The van der Waals surface area contributed by atoms with Crippen LogP contribution in [0.1, 0.15) is 13.3 Å². The summed E-state index contributed by atoms with van der Waals surface area (Å²) >= 11 is 0. The molecule has 0 aliphatic rings. The molecule has 0 aromatic heterocycles. The number of aliphatic hydroxyl groups excluding tert-OH is 1. The number of carbonyl (C=O) groups is 1. The molecule has 0 aliphatic carbocycles. The van der Waals surface area contributed by atoms with Gasteiger partial charge in [-0.3, -0.25) is 0 Å². The largest absolute Gasteiger partial charge is 0.466 e. The summed E-state index contributed by atoms with van der Waals surface area (Å²) in [6, 6.07) is -2.00. The minimum atomic E-state index is -2.58. The average Bonchev–Trinajstić information content (AvgIpc) is 2.38. The van der Waals surface area contributed by atoms with Gasteiger partial charge >= 0.3 is 18.1 Å². The standard InChI is InChI=1S/C11H15F3O4/c1-3-8(16)17-6-11(4-2,5-15)7-18-10(14)9(12)13/h3,15H,1,4-7H2,2H3. The zero-order chi connectivity index (χ0) is 14.2. The Morgan fingerprint density at radius 3 is 2.28 bits per heavy atom. The third-order valence-electron chi connectivity index (χ3n) is 2.43. The van der Waals surface area contributed by atoms with Crippen LogP contribution >= 0.6 is 0 Å². The minimum absolute atomic E-state index is 0.245. The van der Waals surface area contributed by atoms with Crippen LogP contribution in [0, 0.1) is 5.41 Å². The predicted molar refractivity (Wildman–Crippen MR) is 57.3 cm³/mol. The number of carbonyl (C=O) groups excluding carboxylic acids is 1. The number of rotatable bonds is 8. The van der Waals surface area contributed by atoms with Gasteiger partial charge in [-0.15, -0.1) is 0 Å². The van der Waals surface area contributed by atoms with E-state index in [1.54, 1.807) is 6.92 Å². The first-order valence-electron chi connectivity index (χ1n) is 5.14. The van der Waals surface area contributed by atoms with Crippen molar-refractivity contribution in [2.75, 3.05) is 19.8 Å². The zero-order valence-electron chi connectivity index (χ0n) is 9.92. The number of hydrogen-bond acceptors (Lipinski definition) is 4. The van der Waals surface area contributed by atoms with Crippen molar-refractivity contribution < 1.29 is 32.5 Å². The molecule has 1 N–H and O–H groups in total. The summed E-state index contributed by atoms with van der Waals surface area (Å²) < 4.78 is 45.0. The second kappa shape index (κ2) is 7.75. The third kappa shape index (κ3) is 5.22. The highest BCUT2D eigenvalue weighted by molar-refractivity contribution is 5.81. The second-order valence-electron chi connectivity index (χ2n) is 3.65. The molecule has 1 unspecified atom stereocenters. The Balaban J connectivity index is 4.56. The smallest absolute Gasteiger partial charge is 0.342 e. The van der Waals surface area contributed by atoms with Gasteiger partial charge in [0.2, 0.25) is 0 Å². The van der Waals surface area contributed by atoms with Crippen molar-refractivity contribution in [2.24, 2.45) is 5.41 Å². The molecular formula is C11H15F3O4. The molecule has 0 heterocycles. The summed E-state index contributed by atoms with van der Waals surface area (Å²) in [5.74, 6) is -0.728. The molecule has 0 radical (unpaired) electrons. The normalized spacial score (nSPS) is 13.4. The van der Waals surface area contributed by atoms with Crippen molar-refractivity contribution >= 4 is 5.97 Å². The van der Waals surface area contributed by atoms with Crippen LogP contribution in [0.3, 0.4) is 0 Å². The maximum atomic E-state index is 12.5. The Morgan fingerprint density at radius 2 is 1.89 bits per heavy atom. The topological polar surface area (TPSA) is 55.8 Å². The molecule has 0 bridgehead atoms. The highest BCUT2D eigenvalue weighted by Crippen LogP contribution is 2.25. The van der Waals surface area contributed by atoms with Crippen molar-refractivity contribution in [3.05, 3.63) is 24.7 Å². The van der Waals surface area contributed by atoms with E-state index < -0.39 is 36.7 Å². The maximum absolute atomic E-state index is 12.5. The summed E-state index contributed by atoms with van der Waals surface area (Å²) in [5.41, 5.74) is -1.13. The SMILES string of the molecule is C=CC(=O)OCC(CC)(CO)COC(F)=C(F)F. The van der Waals surface area contributed by atoms with Crippen LogP contribution in [0.4, 0.5) is 13.2 Å². The van der Waals surface area contributed by atoms with Crippen molar-refractivity contribution in [3.8, 4) is 0 Å². The van der Waals surface area contributed by atoms with Gasteiger partial charge in [-0.25, -0.2) is 4.79 Å². The molecule has 104 valence electrons. The van der Waals surface area contributed by atoms with Gasteiger partial charge in [0.25, 0.3) is 0 Å². The van der Waals surface area contributed by atoms with E-state index in [0.717, 1.165) is 6.08 Å². The summed E-state index contributed by atoms with van der Waals surface area (Å²) in [4.78, 5) is 10.9. The first-order chi connectivity index (χ1) is 8.40. The molecule has 1 atom stereocenters. The molecule has 18 heavy (non-hydrogen) atoms. The van der Waals surface area contributed by atoms with Crippen LogP contribution in [0.15, 0.2) is 24.7 Å². The molecule has 0 fully saturated rings. The van der Waals surface area contributed by atoms with Crippen molar-refractivity contribution in [1.82, 2.24) is 0 Å². The van der Waals surface area contributed by atoms with Gasteiger partial charge in [-0.1, -0.05) is 13.5 Å². The van der Waals surface area contributed by atoms with Crippen LogP contribution in [0.2, 0.25) is 0 Å². The number of hydrogen-bond donors (Lipinski definition) is 1. The van der Waals surface area contributed by atoms with Crippen molar-refractivity contribution in [1.29, 1.82) is 0 Å². The molecular weight excluding hydrogens is 253 g/mol. The van der Waals surface area contributed by atoms with E-state index >= 15 is 0 Å². The molecule has 4 nitrogen and oxygen atoms in total. The number of esters is 1. The van der Waals surface area contributed by atoms with Crippen molar-refractivity contribution in [3.63, 3.8) is 0 Å². The zero-order valence-corrected chi connectivity index (χ0v) is 9.92. The molecule has 0 saturated carbocycles. The van der Waals surface area contributed by atoms with Gasteiger partial charge in [0.15, 0.2) is 0 Å². The van der Waals surface area contributed by atoms with Crippen LogP contribution in [-0.4, -0.2) is 30.9 Å².